The van der Waals surface area contributed by atoms with Gasteiger partial charge in [-0.15, -0.1) is 11.3 Å². The van der Waals surface area contributed by atoms with Gasteiger partial charge in [0.25, 0.3) is 15.9 Å². The lowest BCUT2D eigenvalue weighted by atomic mass is 10.0. The lowest BCUT2D eigenvalue weighted by molar-refractivity contribution is 0.0944. The van der Waals surface area contributed by atoms with Crippen LogP contribution in [0.4, 0.5) is 0 Å². The molecule has 1 aliphatic heterocycles. The molecule has 1 unspecified atom stereocenters. The number of thiophene rings is 1. The van der Waals surface area contributed by atoms with Crippen LogP contribution >= 0.6 is 11.3 Å². The van der Waals surface area contributed by atoms with Crippen molar-refractivity contribution in [3.05, 3.63) is 41.8 Å². The minimum atomic E-state index is -3.45. The largest absolute Gasteiger partial charge is 0.351 e. The molecule has 134 valence electrons. The standard InChI is InChI=1S/C16H20N4O3S2/c21-16(14-12-17-8-9-18-14)19-7-6-13-4-1-2-10-20(13)25(22,23)15-5-3-11-24-15/h3,5,8-9,11-13H,1-2,4,6-7,10H2,(H,19,21). The van der Waals surface area contributed by atoms with E-state index in [1.54, 1.807) is 21.8 Å². The van der Waals surface area contributed by atoms with Crippen molar-refractivity contribution < 1.29 is 13.2 Å². The number of carbonyl (C=O) groups is 1. The maximum atomic E-state index is 12.8. The van der Waals surface area contributed by atoms with Crippen LogP contribution in [0.25, 0.3) is 0 Å². The molecule has 7 nitrogen and oxygen atoms in total. The van der Waals surface area contributed by atoms with E-state index in [9.17, 15) is 13.2 Å². The van der Waals surface area contributed by atoms with E-state index in [4.69, 9.17) is 0 Å². The van der Waals surface area contributed by atoms with Crippen molar-refractivity contribution >= 4 is 27.3 Å². The molecule has 0 bridgehead atoms. The molecule has 3 rings (SSSR count). The normalized spacial score (nSPS) is 18.8. The van der Waals surface area contributed by atoms with Crippen LogP contribution in [0.3, 0.4) is 0 Å². The van der Waals surface area contributed by atoms with Crippen molar-refractivity contribution in [1.29, 1.82) is 0 Å². The summed E-state index contributed by atoms with van der Waals surface area (Å²) >= 11 is 1.24. The Balaban J connectivity index is 1.61. The summed E-state index contributed by atoms with van der Waals surface area (Å²) in [5, 5.41) is 4.56. The molecule has 0 aliphatic carbocycles. The Morgan fingerprint density at radius 3 is 2.96 bits per heavy atom. The molecule has 1 fully saturated rings. The fourth-order valence-electron chi connectivity index (χ4n) is 2.96. The quantitative estimate of drug-likeness (QED) is 0.826. The van der Waals surface area contributed by atoms with E-state index in [2.05, 4.69) is 15.3 Å². The minimum Gasteiger partial charge on any atom is -0.351 e. The van der Waals surface area contributed by atoms with E-state index in [0.717, 1.165) is 19.3 Å². The SMILES string of the molecule is O=C(NCCC1CCCCN1S(=O)(=O)c1cccs1)c1cnccn1. The maximum Gasteiger partial charge on any atom is 0.271 e. The zero-order valence-electron chi connectivity index (χ0n) is 13.7. The number of nitrogens with one attached hydrogen (secondary N) is 1. The van der Waals surface area contributed by atoms with Crippen LogP contribution in [-0.2, 0) is 10.0 Å². The fraction of sp³-hybridized carbons (Fsp3) is 0.438. The molecular formula is C16H20N4O3S2. The van der Waals surface area contributed by atoms with Gasteiger partial charge in [0.05, 0.1) is 6.20 Å². The molecule has 0 saturated carbocycles. The fourth-order valence-corrected chi connectivity index (χ4v) is 5.81. The molecule has 1 aliphatic rings. The molecule has 1 saturated heterocycles. The summed E-state index contributed by atoms with van der Waals surface area (Å²) in [5.74, 6) is -0.295. The van der Waals surface area contributed by atoms with Gasteiger partial charge in [0.15, 0.2) is 0 Å². The number of piperidine rings is 1. The van der Waals surface area contributed by atoms with Crippen molar-refractivity contribution in [3.63, 3.8) is 0 Å². The van der Waals surface area contributed by atoms with Crippen molar-refractivity contribution in [2.75, 3.05) is 13.1 Å². The zero-order valence-corrected chi connectivity index (χ0v) is 15.3. The molecule has 0 aromatic carbocycles. The lowest BCUT2D eigenvalue weighted by Gasteiger charge is -2.34. The summed E-state index contributed by atoms with van der Waals surface area (Å²) in [6.45, 7) is 0.930. The predicted molar refractivity (Wildman–Crippen MR) is 94.8 cm³/mol. The van der Waals surface area contributed by atoms with Crippen LogP contribution in [0.5, 0.6) is 0 Å². The Labute approximate surface area is 151 Å². The van der Waals surface area contributed by atoms with Crippen LogP contribution < -0.4 is 5.32 Å². The van der Waals surface area contributed by atoms with Crippen molar-refractivity contribution in [3.8, 4) is 0 Å². The van der Waals surface area contributed by atoms with Gasteiger partial charge in [0.1, 0.15) is 9.90 Å². The van der Waals surface area contributed by atoms with Gasteiger partial charge in [-0.1, -0.05) is 12.5 Å². The average molecular weight is 380 g/mol. The molecule has 9 heteroatoms. The maximum absolute atomic E-state index is 12.8. The number of hydrogen-bond acceptors (Lipinski definition) is 6. The molecule has 3 heterocycles. The molecule has 0 radical (unpaired) electrons. The van der Waals surface area contributed by atoms with Crippen molar-refractivity contribution in [2.24, 2.45) is 0 Å². The summed E-state index contributed by atoms with van der Waals surface area (Å²) in [6.07, 6.45) is 7.63. The molecule has 2 aromatic rings. The highest BCUT2D eigenvalue weighted by Gasteiger charge is 2.33. The van der Waals surface area contributed by atoms with Gasteiger partial charge in [-0.2, -0.15) is 4.31 Å². The number of hydrogen-bond donors (Lipinski definition) is 1. The van der Waals surface area contributed by atoms with Gasteiger partial charge in [-0.25, -0.2) is 13.4 Å². The van der Waals surface area contributed by atoms with Crippen molar-refractivity contribution in [2.45, 2.75) is 35.9 Å². The van der Waals surface area contributed by atoms with Gasteiger partial charge in [-0.3, -0.25) is 9.78 Å². The molecule has 2 aromatic heterocycles. The number of rotatable bonds is 6. The van der Waals surface area contributed by atoms with E-state index in [1.807, 2.05) is 0 Å². The highest BCUT2D eigenvalue weighted by atomic mass is 32.2. The second-order valence-corrected chi connectivity index (χ2v) is 8.90. The number of carbonyl (C=O) groups excluding carboxylic acids is 1. The predicted octanol–water partition coefficient (Wildman–Crippen LogP) is 1.90. The number of nitrogens with zero attached hydrogens (tertiary/aromatic N) is 3. The molecular weight excluding hydrogens is 360 g/mol. The monoisotopic (exact) mass is 380 g/mol. The third-order valence-electron chi connectivity index (χ3n) is 4.19. The first-order valence-corrected chi connectivity index (χ1v) is 10.5. The smallest absolute Gasteiger partial charge is 0.271 e. The number of sulfonamides is 1. The summed E-state index contributed by atoms with van der Waals surface area (Å²) in [6, 6.07) is 3.29. The second-order valence-electron chi connectivity index (χ2n) is 5.83. The Kier molecular flexibility index (Phi) is 5.77. The molecule has 1 amide bonds. The number of aromatic nitrogens is 2. The van der Waals surface area contributed by atoms with Crippen LogP contribution in [-0.4, -0.2) is 47.7 Å². The van der Waals surface area contributed by atoms with Gasteiger partial charge >= 0.3 is 0 Å². The zero-order chi connectivity index (χ0) is 17.7. The average Bonchev–Trinajstić information content (AvgIpc) is 3.18. The summed E-state index contributed by atoms with van der Waals surface area (Å²) in [4.78, 5) is 19.8. The van der Waals surface area contributed by atoms with Gasteiger partial charge in [0, 0.05) is 31.5 Å². The Bertz CT molecular complexity index is 794. The second kappa shape index (κ2) is 8.03. The van der Waals surface area contributed by atoms with Crippen LogP contribution in [0.15, 0.2) is 40.3 Å². The Morgan fingerprint density at radius 1 is 1.36 bits per heavy atom. The lowest BCUT2D eigenvalue weighted by Crippen LogP contribution is -2.45. The molecule has 0 spiro atoms. The van der Waals surface area contributed by atoms with E-state index in [0.29, 0.717) is 23.7 Å². The van der Waals surface area contributed by atoms with Crippen LogP contribution in [0.1, 0.15) is 36.2 Å². The third-order valence-corrected chi connectivity index (χ3v) is 7.51. The van der Waals surface area contributed by atoms with Gasteiger partial charge in [0.2, 0.25) is 0 Å². The van der Waals surface area contributed by atoms with Crippen molar-refractivity contribution in [1.82, 2.24) is 19.6 Å². The summed E-state index contributed by atoms with van der Waals surface area (Å²) in [7, 11) is -3.45. The van der Waals surface area contributed by atoms with E-state index in [1.165, 1.54) is 29.9 Å². The van der Waals surface area contributed by atoms with Crippen LogP contribution in [0, 0.1) is 0 Å². The summed E-state index contributed by atoms with van der Waals surface area (Å²) < 4.78 is 27.6. The van der Waals surface area contributed by atoms with E-state index < -0.39 is 10.0 Å². The Hall–Kier alpha value is -1.84. The van der Waals surface area contributed by atoms with Gasteiger partial charge in [-0.05, 0) is 30.7 Å². The highest BCUT2D eigenvalue weighted by Crippen LogP contribution is 2.28. The van der Waals surface area contributed by atoms with Crippen LogP contribution in [0.2, 0.25) is 0 Å². The summed E-state index contributed by atoms with van der Waals surface area (Å²) in [5.41, 5.74) is 0.259. The first kappa shape index (κ1) is 18.0. The minimum absolute atomic E-state index is 0.0944. The number of amides is 1. The molecule has 25 heavy (non-hydrogen) atoms. The Morgan fingerprint density at radius 2 is 2.24 bits per heavy atom. The first-order chi connectivity index (χ1) is 12.1. The third kappa shape index (κ3) is 4.23. The molecule has 1 N–H and O–H groups in total. The molecule has 1 atom stereocenters. The topological polar surface area (TPSA) is 92.3 Å². The first-order valence-electron chi connectivity index (χ1n) is 8.18. The van der Waals surface area contributed by atoms with E-state index >= 15 is 0 Å². The van der Waals surface area contributed by atoms with Gasteiger partial charge < -0.3 is 5.32 Å². The van der Waals surface area contributed by atoms with E-state index in [-0.39, 0.29) is 17.6 Å². The highest BCUT2D eigenvalue weighted by molar-refractivity contribution is 7.91.